The molecule has 1 aromatic heterocycles. The molecule has 0 aliphatic carbocycles. The minimum absolute atomic E-state index is 0.249. The molecular weight excluding hydrogens is 309 g/mol. The third-order valence-electron chi connectivity index (χ3n) is 3.50. The highest BCUT2D eigenvalue weighted by Gasteiger charge is 2.13. The van der Waals surface area contributed by atoms with Crippen LogP contribution in [0, 0.1) is 0 Å². The van der Waals surface area contributed by atoms with Gasteiger partial charge in [0.2, 0.25) is 0 Å². The molecule has 1 N–H and O–H groups in total. The summed E-state index contributed by atoms with van der Waals surface area (Å²) in [5.41, 5.74) is 2.80. The van der Waals surface area contributed by atoms with Gasteiger partial charge in [-0.2, -0.15) is 0 Å². The smallest absolute Gasteiger partial charge is 0.352 e. The van der Waals surface area contributed by atoms with E-state index in [2.05, 4.69) is 0 Å². The summed E-state index contributed by atoms with van der Waals surface area (Å²) in [5, 5.41) is 11.3. The zero-order valence-electron chi connectivity index (χ0n) is 11.1. The number of carboxylic acid groups (broad SMARTS) is 1. The van der Waals surface area contributed by atoms with Crippen molar-refractivity contribution in [1.82, 2.24) is 4.57 Å². The summed E-state index contributed by atoms with van der Waals surface area (Å²) in [5.74, 6) is -0.948. The van der Waals surface area contributed by atoms with Crippen LogP contribution in [0.3, 0.4) is 0 Å². The Hall–Kier alpha value is -1.97. The van der Waals surface area contributed by atoms with Gasteiger partial charge in [0.1, 0.15) is 5.69 Å². The zero-order chi connectivity index (χ0) is 15.1. The first-order chi connectivity index (χ1) is 9.97. The Balaban J connectivity index is 2.23. The van der Waals surface area contributed by atoms with Crippen molar-refractivity contribution in [3.63, 3.8) is 0 Å². The molecule has 0 saturated carbocycles. The van der Waals surface area contributed by atoms with Crippen molar-refractivity contribution < 1.29 is 9.90 Å². The molecule has 0 bridgehead atoms. The van der Waals surface area contributed by atoms with E-state index in [4.69, 9.17) is 23.2 Å². The molecule has 0 radical (unpaired) electrons. The van der Waals surface area contributed by atoms with Crippen LogP contribution in [0.2, 0.25) is 10.0 Å². The average Bonchev–Trinajstić information content (AvgIpc) is 2.79. The van der Waals surface area contributed by atoms with Crippen molar-refractivity contribution in [2.75, 3.05) is 0 Å². The minimum Gasteiger partial charge on any atom is -0.477 e. The predicted molar refractivity (Wildman–Crippen MR) is 85.3 cm³/mol. The number of carbonyl (C=O) groups is 1. The molecule has 0 unspecified atom stereocenters. The largest absolute Gasteiger partial charge is 0.477 e. The highest BCUT2D eigenvalue weighted by Crippen LogP contribution is 2.33. The topological polar surface area (TPSA) is 42.2 Å². The van der Waals surface area contributed by atoms with Gasteiger partial charge in [-0.05, 0) is 35.9 Å². The second-order valence-electron chi connectivity index (χ2n) is 4.79. The maximum Gasteiger partial charge on any atom is 0.352 e. The Morgan fingerprint density at radius 1 is 1.10 bits per heavy atom. The first-order valence-corrected chi connectivity index (χ1v) is 7.01. The lowest BCUT2D eigenvalue weighted by molar-refractivity contribution is 0.0687. The number of hydrogen-bond acceptors (Lipinski definition) is 1. The summed E-state index contributed by atoms with van der Waals surface area (Å²) in [6, 6.07) is 12.6. The Morgan fingerprint density at radius 3 is 2.57 bits per heavy atom. The van der Waals surface area contributed by atoms with Gasteiger partial charge in [-0.15, -0.1) is 0 Å². The third kappa shape index (κ3) is 2.39. The van der Waals surface area contributed by atoms with Gasteiger partial charge in [-0.1, -0.05) is 35.3 Å². The van der Waals surface area contributed by atoms with Crippen molar-refractivity contribution in [2.45, 2.75) is 0 Å². The van der Waals surface area contributed by atoms with Crippen molar-refractivity contribution in [1.29, 1.82) is 0 Å². The van der Waals surface area contributed by atoms with Crippen LogP contribution in [0.5, 0.6) is 0 Å². The third-order valence-corrected chi connectivity index (χ3v) is 4.07. The first kappa shape index (κ1) is 14.0. The van der Waals surface area contributed by atoms with E-state index in [0.29, 0.717) is 10.0 Å². The van der Waals surface area contributed by atoms with Crippen LogP contribution in [0.1, 0.15) is 10.5 Å². The van der Waals surface area contributed by atoms with Crippen LogP contribution in [-0.4, -0.2) is 15.6 Å². The van der Waals surface area contributed by atoms with Crippen molar-refractivity contribution in [3.8, 4) is 11.1 Å². The van der Waals surface area contributed by atoms with Crippen LogP contribution in [0.15, 0.2) is 42.5 Å². The molecule has 0 aliphatic rings. The number of fused-ring (bicyclic) bond motifs is 1. The molecule has 0 aliphatic heterocycles. The van der Waals surface area contributed by atoms with Crippen molar-refractivity contribution in [3.05, 3.63) is 58.2 Å². The van der Waals surface area contributed by atoms with Gasteiger partial charge >= 0.3 is 5.97 Å². The molecule has 0 spiro atoms. The van der Waals surface area contributed by atoms with Gasteiger partial charge in [0.15, 0.2) is 0 Å². The second kappa shape index (κ2) is 5.10. The normalized spacial score (nSPS) is 11.0. The van der Waals surface area contributed by atoms with Gasteiger partial charge in [-0.3, -0.25) is 0 Å². The lowest BCUT2D eigenvalue weighted by atomic mass is 10.0. The quantitative estimate of drug-likeness (QED) is 0.733. The number of rotatable bonds is 2. The number of benzene rings is 2. The molecule has 0 amide bonds. The molecule has 0 saturated heterocycles. The minimum atomic E-state index is -0.948. The number of aryl methyl sites for hydroxylation is 1. The summed E-state index contributed by atoms with van der Waals surface area (Å²) < 4.78 is 1.65. The fraction of sp³-hybridized carbons (Fsp3) is 0.0625. The molecule has 3 rings (SSSR count). The molecule has 3 aromatic rings. The molecule has 1 heterocycles. The molecule has 0 atom stereocenters. The van der Waals surface area contributed by atoms with Gasteiger partial charge in [0, 0.05) is 33.6 Å². The highest BCUT2D eigenvalue weighted by molar-refractivity contribution is 6.35. The molecule has 2 aromatic carbocycles. The summed E-state index contributed by atoms with van der Waals surface area (Å²) in [4.78, 5) is 11.2. The van der Waals surface area contributed by atoms with E-state index in [1.807, 2.05) is 18.2 Å². The van der Waals surface area contributed by atoms with E-state index < -0.39 is 5.97 Å². The number of aromatic nitrogens is 1. The number of halogens is 2. The van der Waals surface area contributed by atoms with E-state index >= 15 is 0 Å². The molecule has 21 heavy (non-hydrogen) atoms. The zero-order valence-corrected chi connectivity index (χ0v) is 12.6. The van der Waals surface area contributed by atoms with E-state index in [1.54, 1.807) is 35.9 Å². The fourth-order valence-corrected chi connectivity index (χ4v) is 2.82. The second-order valence-corrected chi connectivity index (χ2v) is 5.64. The Morgan fingerprint density at radius 2 is 1.86 bits per heavy atom. The number of carboxylic acids is 1. The van der Waals surface area contributed by atoms with E-state index in [1.165, 1.54) is 0 Å². The van der Waals surface area contributed by atoms with Crippen LogP contribution in [0.4, 0.5) is 0 Å². The monoisotopic (exact) mass is 319 g/mol. The van der Waals surface area contributed by atoms with Crippen LogP contribution >= 0.6 is 23.2 Å². The number of hydrogen-bond donors (Lipinski definition) is 1. The summed E-state index contributed by atoms with van der Waals surface area (Å²) in [7, 11) is 1.73. The molecule has 5 heteroatoms. The Labute approximate surface area is 131 Å². The summed E-state index contributed by atoms with van der Waals surface area (Å²) in [6.07, 6.45) is 0. The standard InChI is InChI=1S/C16H11Cl2NO2/c1-19-14-6-9(12-8-11(17)4-5-13(12)18)2-3-10(14)7-15(19)16(20)21/h2-8H,1H3,(H,20,21). The van der Waals surface area contributed by atoms with E-state index in [9.17, 15) is 9.90 Å². The lowest BCUT2D eigenvalue weighted by Gasteiger charge is -2.07. The fourth-order valence-electron chi connectivity index (χ4n) is 2.42. The van der Waals surface area contributed by atoms with Crippen molar-refractivity contribution in [2.24, 2.45) is 7.05 Å². The average molecular weight is 320 g/mol. The van der Waals surface area contributed by atoms with Crippen LogP contribution in [0.25, 0.3) is 22.0 Å². The van der Waals surface area contributed by atoms with Gasteiger partial charge in [0.25, 0.3) is 0 Å². The summed E-state index contributed by atoms with van der Waals surface area (Å²) in [6.45, 7) is 0. The molecular formula is C16H11Cl2NO2. The SMILES string of the molecule is Cn1c(C(=O)O)cc2ccc(-c3cc(Cl)ccc3Cl)cc21. The van der Waals surface area contributed by atoms with Crippen molar-refractivity contribution >= 4 is 40.1 Å². The van der Waals surface area contributed by atoms with Crippen LogP contribution in [-0.2, 0) is 7.05 Å². The van der Waals surface area contributed by atoms with Gasteiger partial charge in [-0.25, -0.2) is 4.79 Å². The maximum absolute atomic E-state index is 11.2. The maximum atomic E-state index is 11.2. The highest BCUT2D eigenvalue weighted by atomic mass is 35.5. The Kier molecular flexibility index (Phi) is 3.40. The van der Waals surface area contributed by atoms with E-state index in [-0.39, 0.29) is 5.69 Å². The first-order valence-electron chi connectivity index (χ1n) is 6.25. The molecule has 3 nitrogen and oxygen atoms in total. The molecule has 0 fully saturated rings. The number of nitrogens with zero attached hydrogens (tertiary/aromatic N) is 1. The summed E-state index contributed by atoms with van der Waals surface area (Å²) >= 11 is 12.2. The predicted octanol–water partition coefficient (Wildman–Crippen LogP) is 4.85. The van der Waals surface area contributed by atoms with Crippen LogP contribution < -0.4 is 0 Å². The lowest BCUT2D eigenvalue weighted by Crippen LogP contribution is -2.03. The Bertz CT molecular complexity index is 868. The molecule has 106 valence electrons. The van der Waals surface area contributed by atoms with E-state index in [0.717, 1.165) is 22.0 Å². The van der Waals surface area contributed by atoms with Gasteiger partial charge in [0.05, 0.1) is 0 Å². The van der Waals surface area contributed by atoms with Gasteiger partial charge < -0.3 is 9.67 Å². The number of aromatic carboxylic acids is 1.